The van der Waals surface area contributed by atoms with Crippen molar-refractivity contribution in [3.63, 3.8) is 0 Å². The Morgan fingerprint density at radius 3 is 2.28 bits per heavy atom. The number of nitrogens with two attached hydrogens (primary N) is 1. The average molecular weight is 448 g/mol. The predicted molar refractivity (Wildman–Crippen MR) is 126 cm³/mol. The van der Waals surface area contributed by atoms with E-state index in [9.17, 15) is 14.4 Å². The Morgan fingerprint density at radius 2 is 1.66 bits per heavy atom. The summed E-state index contributed by atoms with van der Waals surface area (Å²) in [6.45, 7) is 2.15. The van der Waals surface area contributed by atoms with Crippen LogP contribution in [0.4, 0.5) is 11.4 Å². The van der Waals surface area contributed by atoms with Gasteiger partial charge in [0.25, 0.3) is 5.91 Å². The van der Waals surface area contributed by atoms with Gasteiger partial charge in [0, 0.05) is 40.1 Å². The van der Waals surface area contributed by atoms with Crippen LogP contribution in [0.25, 0.3) is 0 Å². The van der Waals surface area contributed by atoms with E-state index in [1.807, 2.05) is 48.4 Å². The van der Waals surface area contributed by atoms with Crippen molar-refractivity contribution in [1.82, 2.24) is 5.32 Å². The number of rotatable bonds is 8. The second-order valence-electron chi connectivity index (χ2n) is 7.13. The molecule has 0 atom stereocenters. The normalized spacial score (nSPS) is 11.0. The molecular weight excluding hydrogens is 426 g/mol. The van der Waals surface area contributed by atoms with Crippen molar-refractivity contribution in [3.8, 4) is 0 Å². The molecule has 6 nitrogen and oxygen atoms in total. The largest absolute Gasteiger partial charge is 0.366 e. The number of nitrogens with zero attached hydrogens (tertiary/aromatic N) is 1. The zero-order valence-electron chi connectivity index (χ0n) is 17.4. The number of para-hydroxylation sites is 1. The Labute approximate surface area is 191 Å². The molecule has 0 radical (unpaired) electrons. The summed E-state index contributed by atoms with van der Waals surface area (Å²) in [5.41, 5.74) is 8.78. The number of halogens is 1. The third-order valence-corrected chi connectivity index (χ3v) is 4.96. The second kappa shape index (κ2) is 10.4. The van der Waals surface area contributed by atoms with E-state index in [1.54, 1.807) is 30.3 Å². The lowest BCUT2D eigenvalue weighted by Gasteiger charge is -2.24. The number of aldehydes is 1. The van der Waals surface area contributed by atoms with E-state index in [0.29, 0.717) is 27.4 Å². The number of amides is 2. The zero-order valence-corrected chi connectivity index (χ0v) is 18.2. The van der Waals surface area contributed by atoms with Crippen molar-refractivity contribution in [1.29, 1.82) is 0 Å². The lowest BCUT2D eigenvalue weighted by atomic mass is 10.1. The number of carbonyl (C=O) groups is 3. The molecule has 0 heterocycles. The van der Waals surface area contributed by atoms with Crippen LogP contribution >= 0.6 is 11.6 Å². The summed E-state index contributed by atoms with van der Waals surface area (Å²) in [5, 5.41) is 3.35. The minimum Gasteiger partial charge on any atom is -0.366 e. The molecule has 0 aliphatic rings. The second-order valence-corrected chi connectivity index (χ2v) is 7.56. The molecule has 3 aromatic rings. The van der Waals surface area contributed by atoms with Gasteiger partial charge in [-0.05, 0) is 67.1 Å². The molecule has 0 spiro atoms. The van der Waals surface area contributed by atoms with Gasteiger partial charge in [0.1, 0.15) is 0 Å². The molecule has 162 valence electrons. The highest BCUT2D eigenvalue weighted by Gasteiger charge is 2.13. The molecule has 0 aromatic heterocycles. The van der Waals surface area contributed by atoms with E-state index < -0.39 is 5.91 Å². The van der Waals surface area contributed by atoms with Gasteiger partial charge >= 0.3 is 0 Å². The molecule has 0 saturated carbocycles. The molecule has 7 heteroatoms. The summed E-state index contributed by atoms with van der Waals surface area (Å²) in [4.78, 5) is 37.1. The molecule has 0 fully saturated rings. The molecule has 3 aromatic carbocycles. The van der Waals surface area contributed by atoms with Gasteiger partial charge in [-0.1, -0.05) is 29.8 Å². The molecule has 32 heavy (non-hydrogen) atoms. The smallest absolute Gasteiger partial charge is 0.251 e. The van der Waals surface area contributed by atoms with E-state index in [0.717, 1.165) is 17.5 Å². The molecule has 0 aliphatic heterocycles. The van der Waals surface area contributed by atoms with Gasteiger partial charge < -0.3 is 16.0 Å². The predicted octanol–water partition coefficient (Wildman–Crippen LogP) is 4.72. The van der Waals surface area contributed by atoms with Crippen molar-refractivity contribution in [2.45, 2.75) is 6.92 Å². The number of benzene rings is 3. The first kappa shape index (κ1) is 22.8. The van der Waals surface area contributed by atoms with Crippen LogP contribution in [0.1, 0.15) is 38.0 Å². The van der Waals surface area contributed by atoms with Gasteiger partial charge in [0.05, 0.1) is 5.69 Å². The summed E-state index contributed by atoms with van der Waals surface area (Å²) in [5.74, 6) is -0.830. The first-order valence-corrected chi connectivity index (χ1v) is 10.2. The van der Waals surface area contributed by atoms with E-state index in [-0.39, 0.29) is 12.5 Å². The first-order valence-electron chi connectivity index (χ1n) is 9.83. The Morgan fingerprint density at radius 1 is 1.00 bits per heavy atom. The average Bonchev–Trinajstić information content (AvgIpc) is 2.81. The number of hydrogen-bond donors (Lipinski definition) is 2. The van der Waals surface area contributed by atoms with Crippen LogP contribution in [0.3, 0.4) is 0 Å². The molecular formula is C25H22ClN3O3. The van der Waals surface area contributed by atoms with Crippen molar-refractivity contribution < 1.29 is 14.4 Å². The molecule has 3 rings (SSSR count). The fraction of sp³-hybridized carbons (Fsp3) is 0.0800. The Hall–Kier alpha value is -3.90. The molecule has 0 aliphatic carbocycles. The van der Waals surface area contributed by atoms with Crippen LogP contribution in [-0.2, 0) is 0 Å². The zero-order chi connectivity index (χ0) is 23.1. The Kier molecular flexibility index (Phi) is 7.41. The molecule has 0 bridgehead atoms. The third kappa shape index (κ3) is 5.62. The van der Waals surface area contributed by atoms with E-state index in [2.05, 4.69) is 5.32 Å². The van der Waals surface area contributed by atoms with Gasteiger partial charge in [-0.3, -0.25) is 14.4 Å². The minimum atomic E-state index is -0.549. The SMILES string of the molecule is CC(=CN(c1ccccc1)c1cc(Cl)ccc1C=O)CNC(=O)c1ccc(C(N)=O)cc1. The summed E-state index contributed by atoms with van der Waals surface area (Å²) < 4.78 is 0. The van der Waals surface area contributed by atoms with E-state index in [4.69, 9.17) is 17.3 Å². The van der Waals surface area contributed by atoms with Crippen molar-refractivity contribution in [2.75, 3.05) is 11.4 Å². The van der Waals surface area contributed by atoms with Gasteiger partial charge in [0.2, 0.25) is 5.91 Å². The topological polar surface area (TPSA) is 92.5 Å². The van der Waals surface area contributed by atoms with Crippen LogP contribution < -0.4 is 16.0 Å². The number of primary amides is 1. The van der Waals surface area contributed by atoms with Crippen molar-refractivity contribution in [3.05, 3.63) is 106 Å². The van der Waals surface area contributed by atoms with Crippen LogP contribution in [-0.4, -0.2) is 24.6 Å². The van der Waals surface area contributed by atoms with Gasteiger partial charge in [-0.25, -0.2) is 0 Å². The summed E-state index contributed by atoms with van der Waals surface area (Å²) in [7, 11) is 0. The summed E-state index contributed by atoms with van der Waals surface area (Å²) in [6.07, 6.45) is 2.63. The van der Waals surface area contributed by atoms with Crippen LogP contribution in [0.2, 0.25) is 5.02 Å². The quantitative estimate of drug-likeness (QED) is 0.488. The maximum atomic E-state index is 12.5. The van der Waals surface area contributed by atoms with Gasteiger partial charge in [-0.2, -0.15) is 0 Å². The van der Waals surface area contributed by atoms with Crippen LogP contribution in [0.15, 0.2) is 84.6 Å². The molecule has 0 saturated heterocycles. The van der Waals surface area contributed by atoms with Gasteiger partial charge in [0.15, 0.2) is 6.29 Å². The highest BCUT2D eigenvalue weighted by atomic mass is 35.5. The first-order chi connectivity index (χ1) is 15.4. The Bertz CT molecular complexity index is 1160. The minimum absolute atomic E-state index is 0.275. The lowest BCUT2D eigenvalue weighted by Crippen LogP contribution is -2.26. The Balaban J connectivity index is 1.83. The standard InChI is InChI=1S/C25H22ClN3O3/c1-17(14-28-25(32)19-9-7-18(8-10-19)24(27)31)15-29(22-5-3-2-4-6-22)23-13-21(26)12-11-20(23)16-30/h2-13,15-16H,14H2,1H3,(H2,27,31)(H,28,32). The summed E-state index contributed by atoms with van der Waals surface area (Å²) in [6, 6.07) is 20.7. The molecule has 2 amide bonds. The summed E-state index contributed by atoms with van der Waals surface area (Å²) >= 11 is 6.19. The number of hydrogen-bond acceptors (Lipinski definition) is 4. The monoisotopic (exact) mass is 447 g/mol. The maximum absolute atomic E-state index is 12.5. The van der Waals surface area contributed by atoms with Crippen LogP contribution in [0.5, 0.6) is 0 Å². The molecule has 0 unspecified atom stereocenters. The maximum Gasteiger partial charge on any atom is 0.251 e. The number of nitrogens with one attached hydrogen (secondary N) is 1. The highest BCUT2D eigenvalue weighted by Crippen LogP contribution is 2.31. The highest BCUT2D eigenvalue weighted by molar-refractivity contribution is 6.31. The lowest BCUT2D eigenvalue weighted by molar-refractivity contribution is 0.0953. The van der Waals surface area contributed by atoms with E-state index in [1.165, 1.54) is 12.1 Å². The number of anilines is 2. The molecule has 3 N–H and O–H groups in total. The van der Waals surface area contributed by atoms with Crippen LogP contribution in [0, 0.1) is 0 Å². The fourth-order valence-corrected chi connectivity index (χ4v) is 3.24. The van der Waals surface area contributed by atoms with Gasteiger partial charge in [-0.15, -0.1) is 0 Å². The van der Waals surface area contributed by atoms with Crippen molar-refractivity contribution in [2.24, 2.45) is 5.73 Å². The number of carbonyl (C=O) groups excluding carboxylic acids is 3. The fourth-order valence-electron chi connectivity index (χ4n) is 3.07. The van der Waals surface area contributed by atoms with E-state index >= 15 is 0 Å². The van der Waals surface area contributed by atoms with Crippen molar-refractivity contribution >= 4 is 41.1 Å². The third-order valence-electron chi connectivity index (χ3n) is 4.72.